The van der Waals surface area contributed by atoms with Crippen LogP contribution in [-0.2, 0) is 10.0 Å². The average Bonchev–Trinajstić information content (AvgIpc) is 3.17. The fourth-order valence-electron chi connectivity index (χ4n) is 2.45. The van der Waals surface area contributed by atoms with E-state index < -0.39 is 20.6 Å². The molecule has 1 aliphatic rings. The van der Waals surface area contributed by atoms with Crippen LogP contribution < -0.4 is 10.5 Å². The molecule has 0 saturated heterocycles. The molecule has 8 heteroatoms. The molecule has 0 radical (unpaired) electrons. The van der Waals surface area contributed by atoms with Crippen molar-refractivity contribution in [3.63, 3.8) is 0 Å². The number of sulfonamides is 1. The topological polar surface area (TPSA) is 115 Å². The number of nitro groups is 1. The molecule has 1 fully saturated rings. The number of nitrogens with zero attached hydrogens (tertiary/aromatic N) is 1. The standard InChI is InChI=1S/C13H19N3O4S/c1-2-5-13(6-7-13)9-15-21(19,20)12-4-3-10(14)8-11(12)16(17)18/h3-4,8,15H,2,5-7,9,14H2,1H3. The molecule has 0 amide bonds. The van der Waals surface area contributed by atoms with E-state index in [1.807, 2.05) is 0 Å². The van der Waals surface area contributed by atoms with Gasteiger partial charge in [-0.3, -0.25) is 10.1 Å². The van der Waals surface area contributed by atoms with Gasteiger partial charge >= 0.3 is 0 Å². The van der Waals surface area contributed by atoms with Crippen molar-refractivity contribution in [3.05, 3.63) is 28.3 Å². The number of hydrogen-bond donors (Lipinski definition) is 2. The summed E-state index contributed by atoms with van der Waals surface area (Å²) >= 11 is 0. The van der Waals surface area contributed by atoms with E-state index in [4.69, 9.17) is 5.73 Å². The van der Waals surface area contributed by atoms with Crippen LogP contribution >= 0.6 is 0 Å². The van der Waals surface area contributed by atoms with Crippen molar-refractivity contribution in [2.75, 3.05) is 12.3 Å². The van der Waals surface area contributed by atoms with Crippen molar-refractivity contribution in [2.24, 2.45) is 5.41 Å². The maximum atomic E-state index is 12.3. The first-order valence-electron chi connectivity index (χ1n) is 6.83. The molecular formula is C13H19N3O4S. The van der Waals surface area contributed by atoms with E-state index in [0.717, 1.165) is 31.7 Å². The number of nitrogens with two attached hydrogens (primary N) is 1. The quantitative estimate of drug-likeness (QED) is 0.454. The minimum absolute atomic E-state index is 0.0322. The highest BCUT2D eigenvalue weighted by Crippen LogP contribution is 2.49. The normalized spacial score (nSPS) is 16.6. The Balaban J connectivity index is 2.22. The Morgan fingerprint density at radius 1 is 1.43 bits per heavy atom. The maximum absolute atomic E-state index is 12.3. The van der Waals surface area contributed by atoms with Crippen LogP contribution in [0.15, 0.2) is 23.1 Å². The van der Waals surface area contributed by atoms with Crippen LogP contribution in [-0.4, -0.2) is 19.9 Å². The molecule has 0 aliphatic heterocycles. The number of nitrogen functional groups attached to an aromatic ring is 1. The SMILES string of the molecule is CCCC1(CNS(=O)(=O)c2ccc(N)cc2[N+](=O)[O-])CC1. The van der Waals surface area contributed by atoms with E-state index in [9.17, 15) is 18.5 Å². The van der Waals surface area contributed by atoms with Crippen molar-refractivity contribution in [2.45, 2.75) is 37.5 Å². The number of benzene rings is 1. The second-order valence-corrected chi connectivity index (χ2v) is 7.29. The third-order valence-electron chi connectivity index (χ3n) is 3.84. The van der Waals surface area contributed by atoms with Crippen LogP contribution in [0, 0.1) is 15.5 Å². The highest BCUT2D eigenvalue weighted by Gasteiger charge is 2.42. The van der Waals surface area contributed by atoms with Gasteiger partial charge in [0, 0.05) is 18.3 Å². The summed E-state index contributed by atoms with van der Waals surface area (Å²) in [5.74, 6) is 0. The van der Waals surface area contributed by atoms with Gasteiger partial charge in [-0.1, -0.05) is 13.3 Å². The van der Waals surface area contributed by atoms with Crippen LogP contribution in [0.25, 0.3) is 0 Å². The molecule has 0 heterocycles. The zero-order chi connectivity index (χ0) is 15.7. The Labute approximate surface area is 123 Å². The van der Waals surface area contributed by atoms with Crippen LogP contribution in [0.1, 0.15) is 32.6 Å². The van der Waals surface area contributed by atoms with E-state index in [1.165, 1.54) is 12.1 Å². The fourth-order valence-corrected chi connectivity index (χ4v) is 3.76. The summed E-state index contributed by atoms with van der Waals surface area (Å²) in [5.41, 5.74) is 5.17. The smallest absolute Gasteiger partial charge is 0.291 e. The number of anilines is 1. The molecule has 21 heavy (non-hydrogen) atoms. The molecule has 0 unspecified atom stereocenters. The lowest BCUT2D eigenvalue weighted by Crippen LogP contribution is -2.30. The van der Waals surface area contributed by atoms with Crippen LogP contribution in [0.3, 0.4) is 0 Å². The molecule has 3 N–H and O–H groups in total. The van der Waals surface area contributed by atoms with Gasteiger partial charge in [0.25, 0.3) is 5.69 Å². The van der Waals surface area contributed by atoms with Crippen molar-refractivity contribution >= 4 is 21.4 Å². The molecule has 1 aromatic carbocycles. The monoisotopic (exact) mass is 313 g/mol. The van der Waals surface area contributed by atoms with E-state index in [2.05, 4.69) is 11.6 Å². The highest BCUT2D eigenvalue weighted by atomic mass is 32.2. The first-order chi connectivity index (χ1) is 9.80. The van der Waals surface area contributed by atoms with Gasteiger partial charge in [0.1, 0.15) is 0 Å². The molecule has 2 rings (SSSR count). The first kappa shape index (κ1) is 15.7. The van der Waals surface area contributed by atoms with Crippen LogP contribution in [0.4, 0.5) is 11.4 Å². The van der Waals surface area contributed by atoms with E-state index in [1.54, 1.807) is 0 Å². The molecule has 0 spiro atoms. The minimum Gasteiger partial charge on any atom is -0.399 e. The minimum atomic E-state index is -3.91. The number of hydrogen-bond acceptors (Lipinski definition) is 5. The van der Waals surface area contributed by atoms with E-state index in [0.29, 0.717) is 6.54 Å². The Morgan fingerprint density at radius 3 is 2.62 bits per heavy atom. The zero-order valence-electron chi connectivity index (χ0n) is 11.8. The summed E-state index contributed by atoms with van der Waals surface area (Å²) in [5, 5.41) is 11.0. The van der Waals surface area contributed by atoms with Gasteiger partial charge in [-0.15, -0.1) is 0 Å². The van der Waals surface area contributed by atoms with Crippen molar-refractivity contribution in [3.8, 4) is 0 Å². The Bertz CT molecular complexity index is 653. The Hall–Kier alpha value is -1.67. The molecule has 1 aromatic rings. The predicted octanol–water partition coefficient (Wildman–Crippen LogP) is 2.04. The zero-order valence-corrected chi connectivity index (χ0v) is 12.6. The predicted molar refractivity (Wildman–Crippen MR) is 79.3 cm³/mol. The van der Waals surface area contributed by atoms with Gasteiger partial charge in [0.2, 0.25) is 10.0 Å². The summed E-state index contributed by atoms with van der Waals surface area (Å²) in [6, 6.07) is 3.59. The fraction of sp³-hybridized carbons (Fsp3) is 0.538. The van der Waals surface area contributed by atoms with Gasteiger partial charge in [0.05, 0.1) is 4.92 Å². The molecule has 0 bridgehead atoms. The van der Waals surface area contributed by atoms with Gasteiger partial charge < -0.3 is 5.73 Å². The summed E-state index contributed by atoms with van der Waals surface area (Å²) in [4.78, 5) is 9.92. The summed E-state index contributed by atoms with van der Waals surface area (Å²) in [6.45, 7) is 2.38. The third kappa shape index (κ3) is 3.51. The largest absolute Gasteiger partial charge is 0.399 e. The molecule has 0 atom stereocenters. The molecular weight excluding hydrogens is 294 g/mol. The number of nitrogens with one attached hydrogen (secondary N) is 1. The number of nitro benzene ring substituents is 1. The van der Waals surface area contributed by atoms with Gasteiger partial charge in [-0.2, -0.15) is 0 Å². The molecule has 116 valence electrons. The molecule has 0 aromatic heterocycles. The highest BCUT2D eigenvalue weighted by molar-refractivity contribution is 7.89. The second-order valence-electron chi connectivity index (χ2n) is 5.56. The summed E-state index contributed by atoms with van der Waals surface area (Å²) in [6.07, 6.45) is 3.93. The van der Waals surface area contributed by atoms with Crippen molar-refractivity contribution in [1.29, 1.82) is 0 Å². The van der Waals surface area contributed by atoms with Crippen molar-refractivity contribution in [1.82, 2.24) is 4.72 Å². The Morgan fingerprint density at radius 2 is 2.10 bits per heavy atom. The lowest BCUT2D eigenvalue weighted by molar-refractivity contribution is -0.387. The van der Waals surface area contributed by atoms with Crippen molar-refractivity contribution < 1.29 is 13.3 Å². The summed E-state index contributed by atoms with van der Waals surface area (Å²) < 4.78 is 27.1. The van der Waals surface area contributed by atoms with Gasteiger partial charge in [-0.05, 0) is 36.8 Å². The maximum Gasteiger partial charge on any atom is 0.291 e. The third-order valence-corrected chi connectivity index (χ3v) is 5.29. The average molecular weight is 313 g/mol. The van der Waals surface area contributed by atoms with Gasteiger partial charge in [-0.25, -0.2) is 13.1 Å². The second kappa shape index (κ2) is 5.61. The Kier molecular flexibility index (Phi) is 4.20. The van der Waals surface area contributed by atoms with E-state index in [-0.39, 0.29) is 16.0 Å². The lowest BCUT2D eigenvalue weighted by Gasteiger charge is -2.15. The molecule has 7 nitrogen and oxygen atoms in total. The first-order valence-corrected chi connectivity index (χ1v) is 8.32. The van der Waals surface area contributed by atoms with E-state index >= 15 is 0 Å². The van der Waals surface area contributed by atoms with Crippen LogP contribution in [0.2, 0.25) is 0 Å². The lowest BCUT2D eigenvalue weighted by atomic mass is 10.0. The summed E-state index contributed by atoms with van der Waals surface area (Å²) in [7, 11) is -3.91. The number of rotatable bonds is 7. The molecule has 1 aliphatic carbocycles. The molecule has 1 saturated carbocycles. The van der Waals surface area contributed by atoms with Crippen LogP contribution in [0.5, 0.6) is 0 Å². The van der Waals surface area contributed by atoms with Gasteiger partial charge in [0.15, 0.2) is 4.90 Å².